The molecule has 2 saturated heterocycles. The Bertz CT molecular complexity index is 1070. The fourth-order valence-corrected chi connectivity index (χ4v) is 4.53. The van der Waals surface area contributed by atoms with Crippen LogP contribution in [0.2, 0.25) is 5.02 Å². The van der Waals surface area contributed by atoms with E-state index in [1.165, 1.54) is 11.9 Å². The summed E-state index contributed by atoms with van der Waals surface area (Å²) in [5, 5.41) is 6.87. The first-order chi connectivity index (χ1) is 15.9. The van der Waals surface area contributed by atoms with E-state index in [2.05, 4.69) is 20.5 Å². The maximum Gasteiger partial charge on any atom is 0.323 e. The van der Waals surface area contributed by atoms with Crippen molar-refractivity contribution < 1.29 is 14.4 Å². The molecule has 0 unspecified atom stereocenters. The van der Waals surface area contributed by atoms with Crippen molar-refractivity contribution in [1.82, 2.24) is 25.4 Å². The van der Waals surface area contributed by atoms with Gasteiger partial charge in [0.1, 0.15) is 11.9 Å². The predicted molar refractivity (Wildman–Crippen MR) is 127 cm³/mol. The van der Waals surface area contributed by atoms with E-state index < -0.39 is 12.1 Å². The number of nitrogen functional groups attached to an aromatic ring is 1. The number of hydrogen-bond donors (Lipinski definition) is 3. The molecule has 0 saturated carbocycles. The van der Waals surface area contributed by atoms with Gasteiger partial charge in [-0.15, -0.1) is 0 Å². The average Bonchev–Trinajstić information content (AvgIpc) is 2.99. The fourth-order valence-electron chi connectivity index (χ4n) is 4.37. The van der Waals surface area contributed by atoms with Gasteiger partial charge in [0.2, 0.25) is 0 Å². The van der Waals surface area contributed by atoms with Crippen LogP contribution >= 0.6 is 11.6 Å². The van der Waals surface area contributed by atoms with E-state index in [4.69, 9.17) is 17.3 Å². The van der Waals surface area contributed by atoms with Crippen molar-refractivity contribution in [2.24, 2.45) is 0 Å². The number of carbonyl (C=O) groups is 3. The van der Waals surface area contributed by atoms with Crippen LogP contribution in [0.25, 0.3) is 10.9 Å². The van der Waals surface area contributed by atoms with Crippen molar-refractivity contribution in [3.8, 4) is 0 Å². The molecule has 5 amide bonds. The number of amides is 5. The minimum Gasteiger partial charge on any atom is -0.384 e. The summed E-state index contributed by atoms with van der Waals surface area (Å²) in [5.41, 5.74) is 7.69. The maximum atomic E-state index is 12.9. The summed E-state index contributed by atoms with van der Waals surface area (Å²) in [6.07, 6.45) is 2.00. The number of pyridine rings is 1. The van der Waals surface area contributed by atoms with Crippen LogP contribution in [0.5, 0.6) is 0 Å². The van der Waals surface area contributed by atoms with Gasteiger partial charge >= 0.3 is 12.1 Å². The summed E-state index contributed by atoms with van der Waals surface area (Å²) in [5.74, 6) is 0.0451. The van der Waals surface area contributed by atoms with E-state index in [0.29, 0.717) is 50.0 Å². The number of rotatable bonds is 2. The van der Waals surface area contributed by atoms with Crippen molar-refractivity contribution in [3.05, 3.63) is 29.3 Å². The number of nitrogens with zero attached hydrogens (tertiary/aromatic N) is 4. The Balaban J connectivity index is 1.41. The second-order valence-electron chi connectivity index (χ2n) is 8.24. The normalized spacial score (nSPS) is 19.4. The quantitative estimate of drug-likeness (QED) is 0.613. The van der Waals surface area contributed by atoms with Gasteiger partial charge in [-0.1, -0.05) is 11.6 Å². The number of urea groups is 2. The topological polar surface area (TPSA) is 124 Å². The zero-order valence-corrected chi connectivity index (χ0v) is 19.3. The summed E-state index contributed by atoms with van der Waals surface area (Å²) >= 11 is 6.10. The number of aromatic nitrogens is 1. The van der Waals surface area contributed by atoms with E-state index in [0.717, 1.165) is 29.4 Å². The second-order valence-corrected chi connectivity index (χ2v) is 8.68. The van der Waals surface area contributed by atoms with Gasteiger partial charge in [-0.2, -0.15) is 0 Å². The molecule has 1 atom stereocenters. The molecule has 3 heterocycles. The highest BCUT2D eigenvalue weighted by molar-refractivity contribution is 6.31. The molecule has 4 rings (SSSR count). The molecule has 2 fully saturated rings. The van der Waals surface area contributed by atoms with Gasteiger partial charge in [-0.25, -0.2) is 14.6 Å². The van der Waals surface area contributed by atoms with Gasteiger partial charge in [0.25, 0.3) is 5.91 Å². The molecule has 1 aromatic heterocycles. The maximum absolute atomic E-state index is 12.9. The number of halogens is 1. The lowest BCUT2D eigenvalue weighted by Gasteiger charge is -2.37. The molecule has 1 aromatic carbocycles. The number of likely N-dealkylation sites (tertiary alicyclic amines) is 1. The van der Waals surface area contributed by atoms with Crippen LogP contribution in [-0.4, -0.2) is 78.6 Å². The van der Waals surface area contributed by atoms with E-state index >= 15 is 0 Å². The molecule has 11 heteroatoms. The summed E-state index contributed by atoms with van der Waals surface area (Å²) < 4.78 is 0. The molecule has 2 aliphatic rings. The van der Waals surface area contributed by atoms with Gasteiger partial charge in [-0.3, -0.25) is 9.69 Å². The van der Waals surface area contributed by atoms with Crippen LogP contribution in [0.15, 0.2) is 24.3 Å². The van der Waals surface area contributed by atoms with Crippen molar-refractivity contribution in [2.75, 3.05) is 50.4 Å². The number of piperazine rings is 1. The lowest BCUT2D eigenvalue weighted by atomic mass is 10.1. The van der Waals surface area contributed by atoms with Crippen LogP contribution in [0.3, 0.4) is 0 Å². The summed E-state index contributed by atoms with van der Waals surface area (Å²) in [7, 11) is 1.49. The SMILES string of the molecule is CNC(=O)N1CCCC[C@H](NC(=O)N2CCN(c3cc(N)nc4cc(Cl)ccc34)CC2)C1=O. The second kappa shape index (κ2) is 9.70. The Morgan fingerprint density at radius 2 is 1.85 bits per heavy atom. The highest BCUT2D eigenvalue weighted by atomic mass is 35.5. The van der Waals surface area contributed by atoms with Crippen LogP contribution in [0.1, 0.15) is 19.3 Å². The molecule has 0 spiro atoms. The first-order valence-electron chi connectivity index (χ1n) is 11.1. The summed E-state index contributed by atoms with van der Waals surface area (Å²) in [6, 6.07) is 5.92. The van der Waals surface area contributed by atoms with E-state index in [1.807, 2.05) is 18.2 Å². The molecular weight excluding hydrogens is 446 g/mol. The Hall–Kier alpha value is -3.27. The highest BCUT2D eigenvalue weighted by Gasteiger charge is 2.33. The Morgan fingerprint density at radius 1 is 1.09 bits per heavy atom. The number of fused-ring (bicyclic) bond motifs is 1. The van der Waals surface area contributed by atoms with Crippen LogP contribution < -0.4 is 21.3 Å². The standard InChI is InChI=1S/C22H28ClN7O3/c1-25-21(32)30-7-3-2-4-16(20(30)31)27-22(33)29-10-8-28(9-11-29)18-13-19(24)26-17-12-14(23)5-6-15(17)18/h5-6,12-13,16H,2-4,7-11H2,1H3,(H2,24,26)(H,25,32)(H,27,33)/t16-/m0/s1. The molecule has 10 nitrogen and oxygen atoms in total. The third kappa shape index (κ3) is 4.90. The third-order valence-corrected chi connectivity index (χ3v) is 6.36. The molecule has 0 aliphatic carbocycles. The van der Waals surface area contributed by atoms with Crippen molar-refractivity contribution >= 4 is 52.0 Å². The number of nitrogens with one attached hydrogen (secondary N) is 2. The average molecular weight is 474 g/mol. The molecule has 0 bridgehead atoms. The minimum atomic E-state index is -0.705. The summed E-state index contributed by atoms with van der Waals surface area (Å²) in [4.78, 5) is 47.1. The number of nitrogens with two attached hydrogens (primary N) is 1. The molecule has 2 aromatic rings. The third-order valence-electron chi connectivity index (χ3n) is 6.12. The largest absolute Gasteiger partial charge is 0.384 e. The van der Waals surface area contributed by atoms with Crippen LogP contribution in [0.4, 0.5) is 21.1 Å². The van der Waals surface area contributed by atoms with E-state index in [-0.39, 0.29) is 11.9 Å². The van der Waals surface area contributed by atoms with Crippen molar-refractivity contribution in [3.63, 3.8) is 0 Å². The van der Waals surface area contributed by atoms with Crippen LogP contribution in [-0.2, 0) is 4.79 Å². The Kier molecular flexibility index (Phi) is 6.73. The lowest BCUT2D eigenvalue weighted by molar-refractivity contribution is -0.129. The van der Waals surface area contributed by atoms with Crippen molar-refractivity contribution in [1.29, 1.82) is 0 Å². The fraction of sp³-hybridized carbons (Fsp3) is 0.455. The van der Waals surface area contributed by atoms with Gasteiger partial charge in [0, 0.05) is 61.9 Å². The molecule has 2 aliphatic heterocycles. The first kappa shape index (κ1) is 22.9. The lowest BCUT2D eigenvalue weighted by Crippen LogP contribution is -2.57. The number of benzene rings is 1. The highest BCUT2D eigenvalue weighted by Crippen LogP contribution is 2.30. The predicted octanol–water partition coefficient (Wildman–Crippen LogP) is 2.02. The van der Waals surface area contributed by atoms with Gasteiger partial charge in [0.15, 0.2) is 0 Å². The van der Waals surface area contributed by atoms with E-state index in [1.54, 1.807) is 11.0 Å². The zero-order chi connectivity index (χ0) is 23.5. The number of anilines is 2. The Labute approximate surface area is 197 Å². The van der Waals surface area contributed by atoms with Crippen LogP contribution in [0, 0.1) is 0 Å². The first-order valence-corrected chi connectivity index (χ1v) is 11.4. The molecule has 4 N–H and O–H groups in total. The van der Waals surface area contributed by atoms with Crippen molar-refractivity contribution in [2.45, 2.75) is 25.3 Å². The Morgan fingerprint density at radius 3 is 2.58 bits per heavy atom. The van der Waals surface area contributed by atoms with Gasteiger partial charge < -0.3 is 26.2 Å². The molecule has 176 valence electrons. The number of imide groups is 1. The minimum absolute atomic E-state index is 0.294. The van der Waals surface area contributed by atoms with Gasteiger partial charge in [-0.05, 0) is 37.5 Å². The monoisotopic (exact) mass is 473 g/mol. The number of hydrogen-bond acceptors (Lipinski definition) is 6. The number of carbonyl (C=O) groups excluding carboxylic acids is 3. The smallest absolute Gasteiger partial charge is 0.323 e. The molecule has 0 radical (unpaired) electrons. The molecule has 33 heavy (non-hydrogen) atoms. The van der Waals surface area contributed by atoms with E-state index in [9.17, 15) is 14.4 Å². The summed E-state index contributed by atoms with van der Waals surface area (Å²) in [6.45, 7) is 2.55. The molecular formula is C22H28ClN7O3. The van der Waals surface area contributed by atoms with Gasteiger partial charge in [0.05, 0.1) is 5.52 Å². The zero-order valence-electron chi connectivity index (χ0n) is 18.5.